The molecule has 2 aromatic rings. The van der Waals surface area contributed by atoms with Crippen molar-refractivity contribution < 1.29 is 4.74 Å². The second kappa shape index (κ2) is 6.80. The minimum atomic E-state index is 0.295. The van der Waals surface area contributed by atoms with Crippen LogP contribution < -0.4 is 10.1 Å². The topological polar surface area (TPSA) is 34.1 Å². The van der Waals surface area contributed by atoms with Crippen LogP contribution in [0.4, 0.5) is 0 Å². The first-order valence-corrected chi connectivity index (χ1v) is 6.56. The van der Waals surface area contributed by atoms with Crippen LogP contribution in [0.25, 0.3) is 0 Å². The lowest BCUT2D eigenvalue weighted by atomic mass is 10.2. The predicted octanol–water partition coefficient (Wildman–Crippen LogP) is 2.44. The van der Waals surface area contributed by atoms with Crippen molar-refractivity contribution in [2.24, 2.45) is 0 Å². The number of nitrogens with zero attached hydrogens (tertiary/aromatic N) is 1. The first-order chi connectivity index (χ1) is 8.90. The molecule has 0 saturated heterocycles. The summed E-state index contributed by atoms with van der Waals surface area (Å²) in [4.78, 5) is 4.22. The molecule has 0 amide bonds. The molecule has 18 heavy (non-hydrogen) atoms. The van der Waals surface area contributed by atoms with Gasteiger partial charge < -0.3 is 10.1 Å². The van der Waals surface area contributed by atoms with Crippen LogP contribution in [-0.2, 0) is 13.1 Å². The van der Waals surface area contributed by atoms with Gasteiger partial charge in [-0.1, -0.05) is 24.1 Å². The number of terminal acetylenes is 1. The van der Waals surface area contributed by atoms with Crippen LogP contribution in [-0.4, -0.2) is 11.6 Å². The van der Waals surface area contributed by atoms with Gasteiger partial charge in [-0.15, -0.1) is 17.8 Å². The highest BCUT2D eigenvalue weighted by Crippen LogP contribution is 2.17. The number of aromatic nitrogens is 1. The van der Waals surface area contributed by atoms with Crippen molar-refractivity contribution in [1.29, 1.82) is 0 Å². The molecule has 1 heterocycles. The lowest BCUT2D eigenvalue weighted by molar-refractivity contribution is 0.364. The minimum Gasteiger partial charge on any atom is -0.481 e. The third-order valence-corrected chi connectivity index (χ3v) is 3.02. The molecule has 0 atom stereocenters. The molecular weight excluding hydrogens is 244 g/mol. The van der Waals surface area contributed by atoms with Gasteiger partial charge in [0.1, 0.15) is 12.4 Å². The first-order valence-electron chi connectivity index (χ1n) is 5.62. The number of hydrogen-bond acceptors (Lipinski definition) is 4. The average molecular weight is 258 g/mol. The van der Waals surface area contributed by atoms with Gasteiger partial charge in [0.05, 0.1) is 11.2 Å². The van der Waals surface area contributed by atoms with Crippen LogP contribution >= 0.6 is 11.3 Å². The largest absolute Gasteiger partial charge is 0.481 e. The predicted molar refractivity (Wildman–Crippen MR) is 73.4 cm³/mol. The van der Waals surface area contributed by atoms with Crippen LogP contribution in [0.3, 0.4) is 0 Å². The van der Waals surface area contributed by atoms with E-state index in [0.29, 0.717) is 6.61 Å². The number of hydrogen-bond donors (Lipinski definition) is 1. The van der Waals surface area contributed by atoms with Crippen molar-refractivity contribution in [2.75, 3.05) is 6.61 Å². The van der Waals surface area contributed by atoms with E-state index in [1.807, 2.05) is 35.2 Å². The van der Waals surface area contributed by atoms with Gasteiger partial charge in [0.2, 0.25) is 0 Å². The van der Waals surface area contributed by atoms with E-state index in [0.717, 1.165) is 30.1 Å². The number of para-hydroxylation sites is 1. The smallest absolute Gasteiger partial charge is 0.148 e. The summed E-state index contributed by atoms with van der Waals surface area (Å²) in [7, 11) is 0. The SMILES string of the molecule is C#CCOc1ccccc1CNCc1cscn1. The molecule has 0 spiro atoms. The van der Waals surface area contributed by atoms with Gasteiger partial charge in [0.15, 0.2) is 0 Å². The Bertz CT molecular complexity index is 517. The molecule has 4 heteroatoms. The van der Waals surface area contributed by atoms with Crippen LogP contribution in [0.15, 0.2) is 35.2 Å². The van der Waals surface area contributed by atoms with Crippen molar-refractivity contribution in [3.05, 3.63) is 46.4 Å². The fourth-order valence-electron chi connectivity index (χ4n) is 1.56. The maximum absolute atomic E-state index is 5.48. The highest BCUT2D eigenvalue weighted by atomic mass is 32.1. The molecule has 0 saturated carbocycles. The molecule has 0 fully saturated rings. The van der Waals surface area contributed by atoms with Gasteiger partial charge in [-0.3, -0.25) is 0 Å². The van der Waals surface area contributed by atoms with Gasteiger partial charge >= 0.3 is 0 Å². The average Bonchev–Trinajstić information content (AvgIpc) is 2.91. The number of thiazole rings is 1. The molecule has 0 unspecified atom stereocenters. The van der Waals surface area contributed by atoms with E-state index >= 15 is 0 Å². The quantitative estimate of drug-likeness (QED) is 0.808. The normalized spacial score (nSPS) is 9.94. The summed E-state index contributed by atoms with van der Waals surface area (Å²) < 4.78 is 5.48. The third kappa shape index (κ3) is 3.59. The lowest BCUT2D eigenvalue weighted by Gasteiger charge is -2.09. The Labute approximate surface area is 111 Å². The highest BCUT2D eigenvalue weighted by Gasteiger charge is 2.02. The summed E-state index contributed by atoms with van der Waals surface area (Å²) >= 11 is 1.60. The van der Waals surface area contributed by atoms with Crippen molar-refractivity contribution in [3.8, 4) is 18.1 Å². The second-order valence-corrected chi connectivity index (χ2v) is 4.40. The minimum absolute atomic E-state index is 0.295. The molecule has 0 aliphatic carbocycles. The fraction of sp³-hybridized carbons (Fsp3) is 0.214. The number of benzene rings is 1. The summed E-state index contributed by atoms with van der Waals surface area (Å²) in [5.41, 5.74) is 3.99. The zero-order valence-electron chi connectivity index (χ0n) is 9.93. The van der Waals surface area contributed by atoms with Crippen molar-refractivity contribution >= 4 is 11.3 Å². The van der Waals surface area contributed by atoms with E-state index in [-0.39, 0.29) is 0 Å². The van der Waals surface area contributed by atoms with E-state index in [1.54, 1.807) is 11.3 Å². The molecule has 92 valence electrons. The van der Waals surface area contributed by atoms with E-state index in [1.165, 1.54) is 0 Å². The molecule has 2 rings (SSSR count). The third-order valence-electron chi connectivity index (χ3n) is 2.39. The van der Waals surface area contributed by atoms with Crippen LogP contribution in [0, 0.1) is 12.3 Å². The summed E-state index contributed by atoms with van der Waals surface area (Å²) in [5, 5.41) is 5.37. The molecule has 3 nitrogen and oxygen atoms in total. The molecule has 0 aliphatic heterocycles. The van der Waals surface area contributed by atoms with Crippen molar-refractivity contribution in [2.45, 2.75) is 13.1 Å². The Kier molecular flexibility index (Phi) is 4.77. The molecule has 1 aromatic heterocycles. The van der Waals surface area contributed by atoms with E-state index in [2.05, 4.69) is 16.2 Å². The number of ether oxygens (including phenoxy) is 1. The molecule has 0 radical (unpaired) electrons. The first kappa shape index (κ1) is 12.6. The van der Waals surface area contributed by atoms with E-state index in [9.17, 15) is 0 Å². The monoisotopic (exact) mass is 258 g/mol. The van der Waals surface area contributed by atoms with Crippen molar-refractivity contribution in [1.82, 2.24) is 10.3 Å². The number of rotatable bonds is 6. The van der Waals surface area contributed by atoms with Gasteiger partial charge in [0, 0.05) is 24.0 Å². The summed E-state index contributed by atoms with van der Waals surface area (Å²) in [6.07, 6.45) is 5.19. The Morgan fingerprint density at radius 1 is 1.33 bits per heavy atom. The number of nitrogens with one attached hydrogen (secondary N) is 1. The van der Waals surface area contributed by atoms with Gasteiger partial charge in [-0.05, 0) is 6.07 Å². The summed E-state index contributed by atoms with van der Waals surface area (Å²) in [6, 6.07) is 7.88. The Morgan fingerprint density at radius 2 is 2.22 bits per heavy atom. The van der Waals surface area contributed by atoms with Gasteiger partial charge in [-0.2, -0.15) is 0 Å². The summed E-state index contributed by atoms with van der Waals surface area (Å²) in [5.74, 6) is 3.31. The zero-order chi connectivity index (χ0) is 12.6. The lowest BCUT2D eigenvalue weighted by Crippen LogP contribution is -2.13. The second-order valence-electron chi connectivity index (χ2n) is 3.68. The zero-order valence-corrected chi connectivity index (χ0v) is 10.7. The maximum atomic E-state index is 5.48. The van der Waals surface area contributed by atoms with E-state index in [4.69, 9.17) is 11.2 Å². The highest BCUT2D eigenvalue weighted by molar-refractivity contribution is 7.07. The Balaban J connectivity index is 1.90. The van der Waals surface area contributed by atoms with E-state index < -0.39 is 0 Å². The maximum Gasteiger partial charge on any atom is 0.148 e. The fourth-order valence-corrected chi connectivity index (χ4v) is 2.12. The van der Waals surface area contributed by atoms with Crippen LogP contribution in [0.1, 0.15) is 11.3 Å². The molecule has 0 aliphatic rings. The standard InChI is InChI=1S/C14H14N2OS/c1-2-7-17-14-6-4-3-5-12(14)8-15-9-13-10-18-11-16-13/h1,3-6,10-11,15H,7-9H2. The molecule has 0 bridgehead atoms. The molecular formula is C14H14N2OS. The van der Waals surface area contributed by atoms with Crippen molar-refractivity contribution in [3.63, 3.8) is 0 Å². The van der Waals surface area contributed by atoms with Gasteiger partial charge in [0.25, 0.3) is 0 Å². The molecule has 1 aromatic carbocycles. The van der Waals surface area contributed by atoms with Crippen LogP contribution in [0.5, 0.6) is 5.75 Å². The summed E-state index contributed by atoms with van der Waals surface area (Å²) in [6.45, 7) is 1.79. The molecule has 1 N–H and O–H groups in total. The Hall–Kier alpha value is -1.83. The van der Waals surface area contributed by atoms with Gasteiger partial charge in [-0.25, -0.2) is 4.98 Å². The Morgan fingerprint density at radius 3 is 3.00 bits per heavy atom. The van der Waals surface area contributed by atoms with Crippen LogP contribution in [0.2, 0.25) is 0 Å².